The first kappa shape index (κ1) is 10.3. The van der Waals surface area contributed by atoms with Crippen LogP contribution in [-0.2, 0) is 0 Å². The highest BCUT2D eigenvalue weighted by Crippen LogP contribution is 2.18. The molecular weight excluding hydrogens is 213 g/mol. The molecule has 0 radical (unpaired) electrons. The molecule has 0 atom stereocenters. The first-order valence-corrected chi connectivity index (χ1v) is 4.49. The fourth-order valence-corrected chi connectivity index (χ4v) is 1.37. The van der Waals surface area contributed by atoms with Crippen molar-refractivity contribution in [3.05, 3.63) is 35.9 Å². The van der Waals surface area contributed by atoms with E-state index in [1.54, 1.807) is 6.92 Å². The first-order valence-electron chi connectivity index (χ1n) is 4.49. The molecule has 0 aliphatic carbocycles. The van der Waals surface area contributed by atoms with E-state index >= 15 is 0 Å². The van der Waals surface area contributed by atoms with Gasteiger partial charge in [-0.2, -0.15) is 9.78 Å². The van der Waals surface area contributed by atoms with Crippen molar-refractivity contribution in [2.75, 3.05) is 0 Å². The average molecular weight is 221 g/mol. The highest BCUT2D eigenvalue weighted by molar-refractivity contribution is 5.68. The van der Waals surface area contributed by atoms with E-state index in [2.05, 4.69) is 10.1 Å². The number of pyridine rings is 1. The summed E-state index contributed by atoms with van der Waals surface area (Å²) in [6, 6.07) is 2.84. The van der Waals surface area contributed by atoms with Crippen molar-refractivity contribution >= 4 is 6.09 Å². The summed E-state index contributed by atoms with van der Waals surface area (Å²) in [5.41, 5.74) is 1.48. The third-order valence-corrected chi connectivity index (χ3v) is 2.07. The van der Waals surface area contributed by atoms with E-state index in [9.17, 15) is 9.18 Å². The normalized spacial score (nSPS) is 10.4. The van der Waals surface area contributed by atoms with Gasteiger partial charge in [-0.1, -0.05) is 0 Å². The highest BCUT2D eigenvalue weighted by atomic mass is 19.1. The van der Waals surface area contributed by atoms with Crippen molar-refractivity contribution in [1.82, 2.24) is 14.8 Å². The van der Waals surface area contributed by atoms with Crippen LogP contribution in [0.3, 0.4) is 0 Å². The van der Waals surface area contributed by atoms with Crippen molar-refractivity contribution in [3.63, 3.8) is 0 Å². The van der Waals surface area contributed by atoms with Gasteiger partial charge in [0.1, 0.15) is 11.5 Å². The minimum Gasteiger partial charge on any atom is -0.463 e. The largest absolute Gasteiger partial charge is 0.463 e. The molecule has 0 saturated carbocycles. The summed E-state index contributed by atoms with van der Waals surface area (Å²) in [7, 11) is 0. The summed E-state index contributed by atoms with van der Waals surface area (Å²) in [5.74, 6) is -0.432. The summed E-state index contributed by atoms with van der Waals surface area (Å²) in [4.78, 5) is 14.5. The lowest BCUT2D eigenvalue weighted by molar-refractivity contribution is 0.192. The number of carbonyl (C=O) groups is 1. The Balaban J connectivity index is 2.46. The molecule has 16 heavy (non-hydrogen) atoms. The zero-order chi connectivity index (χ0) is 11.7. The number of hydrogen-bond acceptors (Lipinski definition) is 3. The third kappa shape index (κ3) is 1.77. The average Bonchev–Trinajstić information content (AvgIpc) is 2.66. The number of carboxylic acid groups (broad SMARTS) is 1. The second-order valence-electron chi connectivity index (χ2n) is 3.25. The van der Waals surface area contributed by atoms with E-state index < -0.39 is 11.9 Å². The molecule has 2 heterocycles. The quantitative estimate of drug-likeness (QED) is 0.798. The van der Waals surface area contributed by atoms with Crippen molar-refractivity contribution in [2.24, 2.45) is 0 Å². The molecule has 0 saturated heterocycles. The van der Waals surface area contributed by atoms with Gasteiger partial charge in [0.15, 0.2) is 0 Å². The van der Waals surface area contributed by atoms with Crippen LogP contribution < -0.4 is 0 Å². The van der Waals surface area contributed by atoms with Crippen molar-refractivity contribution < 1.29 is 14.3 Å². The van der Waals surface area contributed by atoms with Crippen LogP contribution in [0.4, 0.5) is 9.18 Å². The van der Waals surface area contributed by atoms with Gasteiger partial charge in [0.2, 0.25) is 0 Å². The van der Waals surface area contributed by atoms with Crippen molar-refractivity contribution in [2.45, 2.75) is 6.92 Å². The second kappa shape index (κ2) is 3.73. The highest BCUT2D eigenvalue weighted by Gasteiger charge is 2.10. The summed E-state index contributed by atoms with van der Waals surface area (Å²) in [5, 5.41) is 12.5. The molecule has 0 fully saturated rings. The zero-order valence-electron chi connectivity index (χ0n) is 8.38. The number of nitrogens with zero attached hydrogens (tertiary/aromatic N) is 3. The molecule has 0 amide bonds. The molecule has 0 aliphatic heterocycles. The predicted molar refractivity (Wildman–Crippen MR) is 53.6 cm³/mol. The van der Waals surface area contributed by atoms with Gasteiger partial charge in [-0.15, -0.1) is 0 Å². The SMILES string of the molecule is Cc1cc(F)cnc1-c1ccn(C(=O)O)n1. The van der Waals surface area contributed by atoms with Gasteiger partial charge in [0, 0.05) is 6.20 Å². The zero-order valence-corrected chi connectivity index (χ0v) is 8.38. The minimum absolute atomic E-state index is 0.403. The number of aromatic nitrogens is 3. The minimum atomic E-state index is -1.17. The maximum absolute atomic E-state index is 12.8. The topological polar surface area (TPSA) is 68.0 Å². The number of hydrogen-bond donors (Lipinski definition) is 1. The molecule has 0 unspecified atom stereocenters. The first-order chi connectivity index (χ1) is 7.58. The fourth-order valence-electron chi connectivity index (χ4n) is 1.37. The van der Waals surface area contributed by atoms with E-state index in [1.807, 2.05) is 0 Å². The Morgan fingerprint density at radius 1 is 1.56 bits per heavy atom. The summed E-state index contributed by atoms with van der Waals surface area (Å²) >= 11 is 0. The van der Waals surface area contributed by atoms with Gasteiger partial charge in [0.25, 0.3) is 0 Å². The Morgan fingerprint density at radius 2 is 2.31 bits per heavy atom. The van der Waals surface area contributed by atoms with Crippen LogP contribution in [-0.4, -0.2) is 26.0 Å². The van der Waals surface area contributed by atoms with Crippen LogP contribution >= 0.6 is 0 Å². The lowest BCUT2D eigenvalue weighted by Gasteiger charge is -2.00. The maximum Gasteiger partial charge on any atom is 0.432 e. The molecule has 2 aromatic heterocycles. The van der Waals surface area contributed by atoms with Gasteiger partial charge < -0.3 is 5.11 Å². The Hall–Kier alpha value is -2.24. The fraction of sp³-hybridized carbons (Fsp3) is 0.100. The van der Waals surface area contributed by atoms with Crippen LogP contribution in [0.25, 0.3) is 11.4 Å². The molecule has 0 aliphatic rings. The number of rotatable bonds is 1. The third-order valence-electron chi connectivity index (χ3n) is 2.07. The van der Waals surface area contributed by atoms with Crippen molar-refractivity contribution in [1.29, 1.82) is 0 Å². The van der Waals surface area contributed by atoms with Crippen LogP contribution in [0, 0.1) is 12.7 Å². The summed E-state index contributed by atoms with van der Waals surface area (Å²) in [6.07, 6.45) is 1.20. The van der Waals surface area contributed by atoms with E-state index in [0.29, 0.717) is 17.0 Å². The van der Waals surface area contributed by atoms with Gasteiger partial charge in [0.05, 0.1) is 11.9 Å². The monoisotopic (exact) mass is 221 g/mol. The molecule has 2 aromatic rings. The lowest BCUT2D eigenvalue weighted by Crippen LogP contribution is -2.08. The number of aryl methyl sites for hydroxylation is 1. The molecule has 0 aromatic carbocycles. The van der Waals surface area contributed by atoms with E-state index in [1.165, 1.54) is 18.3 Å². The molecule has 1 N–H and O–H groups in total. The molecule has 0 bridgehead atoms. The maximum atomic E-state index is 12.8. The Labute approximate surface area is 90.2 Å². The number of halogens is 1. The lowest BCUT2D eigenvalue weighted by atomic mass is 10.2. The van der Waals surface area contributed by atoms with E-state index in [-0.39, 0.29) is 0 Å². The van der Waals surface area contributed by atoms with Crippen LogP contribution in [0.15, 0.2) is 24.5 Å². The predicted octanol–water partition coefficient (Wildman–Crippen LogP) is 1.92. The Kier molecular flexibility index (Phi) is 2.40. The molecule has 82 valence electrons. The van der Waals surface area contributed by atoms with Gasteiger partial charge in [-0.3, -0.25) is 4.98 Å². The Morgan fingerprint density at radius 3 is 2.88 bits per heavy atom. The standard InChI is InChI=1S/C10H8FN3O2/c1-6-4-7(11)5-12-9(6)8-2-3-14(13-8)10(15)16/h2-5H,1H3,(H,15,16). The second-order valence-corrected chi connectivity index (χ2v) is 3.25. The van der Waals surface area contributed by atoms with E-state index in [4.69, 9.17) is 5.11 Å². The Bertz CT molecular complexity index is 551. The van der Waals surface area contributed by atoms with Crippen LogP contribution in [0.5, 0.6) is 0 Å². The smallest absolute Gasteiger partial charge is 0.432 e. The molecule has 5 nitrogen and oxygen atoms in total. The molecular formula is C10H8FN3O2. The van der Waals surface area contributed by atoms with E-state index in [0.717, 1.165) is 10.9 Å². The van der Waals surface area contributed by atoms with Crippen LogP contribution in [0.2, 0.25) is 0 Å². The molecule has 6 heteroatoms. The van der Waals surface area contributed by atoms with Crippen LogP contribution in [0.1, 0.15) is 5.56 Å². The molecule has 2 rings (SSSR count). The van der Waals surface area contributed by atoms with Gasteiger partial charge in [-0.25, -0.2) is 9.18 Å². The van der Waals surface area contributed by atoms with Crippen molar-refractivity contribution in [3.8, 4) is 11.4 Å². The summed E-state index contributed by atoms with van der Waals surface area (Å²) in [6.45, 7) is 1.69. The van der Waals surface area contributed by atoms with Gasteiger partial charge >= 0.3 is 6.09 Å². The van der Waals surface area contributed by atoms with Gasteiger partial charge in [-0.05, 0) is 24.6 Å². The molecule has 0 spiro atoms. The summed E-state index contributed by atoms with van der Waals surface area (Å²) < 4.78 is 13.6.